The Morgan fingerprint density at radius 1 is 0.432 bits per heavy atom. The second-order valence-corrected chi connectivity index (χ2v) is 10.9. The number of hydrogen-bond acceptors (Lipinski definition) is 2. The predicted octanol–water partition coefficient (Wildman–Crippen LogP) is 8.14. The average molecular weight is 482 g/mol. The second-order valence-electron chi connectivity index (χ2n) is 10.9. The minimum atomic E-state index is -0.350. The van der Waals surface area contributed by atoms with Gasteiger partial charge in [-0.05, 0) is 95.5 Å². The fourth-order valence-electron chi connectivity index (χ4n) is 4.96. The van der Waals surface area contributed by atoms with Crippen molar-refractivity contribution in [3.05, 3.63) is 115 Å². The normalized spacial score (nSPS) is 16.3. The van der Waals surface area contributed by atoms with E-state index in [4.69, 9.17) is 9.31 Å². The molecule has 0 radical (unpaired) electrons. The van der Waals surface area contributed by atoms with Gasteiger partial charge < -0.3 is 9.31 Å². The summed E-state index contributed by atoms with van der Waals surface area (Å²) in [5.74, 6) is 0. The van der Waals surface area contributed by atoms with Crippen LogP contribution >= 0.6 is 0 Å². The second kappa shape index (κ2) is 9.02. The van der Waals surface area contributed by atoms with E-state index < -0.39 is 0 Å². The molecule has 0 saturated carbocycles. The van der Waals surface area contributed by atoms with E-state index in [0.29, 0.717) is 0 Å². The molecule has 0 amide bonds. The molecule has 6 rings (SSSR count). The maximum atomic E-state index is 6.26. The largest absolute Gasteiger partial charge is 0.494 e. The Labute approximate surface area is 220 Å². The van der Waals surface area contributed by atoms with Crippen molar-refractivity contribution in [1.82, 2.24) is 0 Å². The van der Waals surface area contributed by atoms with Gasteiger partial charge >= 0.3 is 7.12 Å². The van der Waals surface area contributed by atoms with E-state index in [-0.39, 0.29) is 18.3 Å². The third-order valence-corrected chi connectivity index (χ3v) is 7.89. The van der Waals surface area contributed by atoms with Crippen molar-refractivity contribution in [1.29, 1.82) is 0 Å². The summed E-state index contributed by atoms with van der Waals surface area (Å²) >= 11 is 0. The molecule has 1 fully saturated rings. The van der Waals surface area contributed by atoms with E-state index in [1.54, 1.807) is 0 Å². The van der Waals surface area contributed by atoms with Crippen molar-refractivity contribution in [3.63, 3.8) is 0 Å². The van der Waals surface area contributed by atoms with E-state index in [9.17, 15) is 0 Å². The monoisotopic (exact) mass is 482 g/mol. The van der Waals surface area contributed by atoms with Crippen LogP contribution < -0.4 is 5.46 Å². The van der Waals surface area contributed by atoms with E-state index in [1.165, 1.54) is 44.2 Å². The van der Waals surface area contributed by atoms with Gasteiger partial charge in [-0.15, -0.1) is 0 Å². The average Bonchev–Trinajstić information content (AvgIpc) is 3.15. The molecule has 0 bridgehead atoms. The van der Waals surface area contributed by atoms with E-state index >= 15 is 0 Å². The first-order valence-corrected chi connectivity index (χ1v) is 12.9. The maximum Gasteiger partial charge on any atom is 0.494 e. The predicted molar refractivity (Wildman–Crippen MR) is 156 cm³/mol. The molecular formula is C34H31BO2. The zero-order valence-corrected chi connectivity index (χ0v) is 21.9. The molecular weight excluding hydrogens is 451 g/mol. The lowest BCUT2D eigenvalue weighted by Crippen LogP contribution is -2.41. The molecule has 1 aliphatic rings. The van der Waals surface area contributed by atoms with Gasteiger partial charge in [-0.2, -0.15) is 0 Å². The van der Waals surface area contributed by atoms with Crippen LogP contribution in [-0.2, 0) is 9.31 Å². The van der Waals surface area contributed by atoms with Gasteiger partial charge in [-0.25, -0.2) is 0 Å². The quantitative estimate of drug-likeness (QED) is 0.241. The molecule has 0 unspecified atom stereocenters. The topological polar surface area (TPSA) is 18.5 Å². The summed E-state index contributed by atoms with van der Waals surface area (Å²) in [6.45, 7) is 8.36. The fraction of sp³-hybridized carbons (Fsp3) is 0.176. The Kier molecular flexibility index (Phi) is 5.79. The van der Waals surface area contributed by atoms with E-state index in [1.807, 2.05) is 0 Å². The highest BCUT2D eigenvalue weighted by molar-refractivity contribution is 6.62. The lowest BCUT2D eigenvalue weighted by atomic mass is 9.78. The van der Waals surface area contributed by atoms with Crippen LogP contribution in [0.5, 0.6) is 0 Å². The fourth-order valence-corrected chi connectivity index (χ4v) is 4.96. The number of hydrogen-bond donors (Lipinski definition) is 0. The molecule has 1 heterocycles. The summed E-state index contributed by atoms with van der Waals surface area (Å²) in [6, 6.07) is 41.2. The first kappa shape index (κ1) is 23.7. The molecule has 5 aromatic carbocycles. The number of fused-ring (bicyclic) bond motifs is 1. The van der Waals surface area contributed by atoms with Crippen molar-refractivity contribution in [2.45, 2.75) is 38.9 Å². The SMILES string of the molecule is CC1(C)OB(c2ccc3cc(-c4cccc(-c5cccc(-c6ccccc6)c5)c4)ccc3c2)OC1(C)C. The Bertz CT molecular complexity index is 1570. The summed E-state index contributed by atoms with van der Waals surface area (Å²) in [4.78, 5) is 0. The van der Waals surface area contributed by atoms with Gasteiger partial charge in [0.15, 0.2) is 0 Å². The van der Waals surface area contributed by atoms with Crippen molar-refractivity contribution < 1.29 is 9.31 Å². The van der Waals surface area contributed by atoms with Crippen molar-refractivity contribution in [3.8, 4) is 33.4 Å². The third-order valence-electron chi connectivity index (χ3n) is 7.89. The molecule has 3 heteroatoms. The van der Waals surface area contributed by atoms with Crippen molar-refractivity contribution in [2.75, 3.05) is 0 Å². The Balaban J connectivity index is 1.30. The highest BCUT2D eigenvalue weighted by atomic mass is 16.7. The Morgan fingerprint density at radius 2 is 0.892 bits per heavy atom. The van der Waals surface area contributed by atoms with Gasteiger partial charge in [0.05, 0.1) is 11.2 Å². The molecule has 0 aromatic heterocycles. The van der Waals surface area contributed by atoms with Gasteiger partial charge in [-0.3, -0.25) is 0 Å². The van der Waals surface area contributed by atoms with Gasteiger partial charge in [0.2, 0.25) is 0 Å². The van der Waals surface area contributed by atoms with Crippen LogP contribution in [0.4, 0.5) is 0 Å². The number of rotatable bonds is 4. The molecule has 1 aliphatic heterocycles. The molecule has 0 spiro atoms. The molecule has 37 heavy (non-hydrogen) atoms. The van der Waals surface area contributed by atoms with E-state index in [0.717, 1.165) is 5.46 Å². The molecule has 0 aliphatic carbocycles. The van der Waals surface area contributed by atoms with Gasteiger partial charge in [-0.1, -0.05) is 97.1 Å². The van der Waals surface area contributed by atoms with E-state index in [2.05, 4.69) is 143 Å². The molecule has 0 N–H and O–H groups in total. The molecule has 5 aromatic rings. The van der Waals surface area contributed by atoms with Crippen LogP contribution in [0.1, 0.15) is 27.7 Å². The van der Waals surface area contributed by atoms with Gasteiger partial charge in [0.25, 0.3) is 0 Å². The lowest BCUT2D eigenvalue weighted by Gasteiger charge is -2.32. The zero-order chi connectivity index (χ0) is 25.6. The number of benzene rings is 5. The van der Waals surface area contributed by atoms with Crippen molar-refractivity contribution in [2.24, 2.45) is 0 Å². The maximum absolute atomic E-state index is 6.26. The van der Waals surface area contributed by atoms with Crippen LogP contribution in [0.3, 0.4) is 0 Å². The smallest absolute Gasteiger partial charge is 0.399 e. The highest BCUT2D eigenvalue weighted by Gasteiger charge is 2.51. The summed E-state index contributed by atoms with van der Waals surface area (Å²) in [6.07, 6.45) is 0. The van der Waals surface area contributed by atoms with Crippen LogP contribution in [0.15, 0.2) is 115 Å². The first-order valence-electron chi connectivity index (χ1n) is 12.9. The zero-order valence-electron chi connectivity index (χ0n) is 21.9. The molecule has 182 valence electrons. The molecule has 1 saturated heterocycles. The van der Waals surface area contributed by atoms with Gasteiger partial charge in [0, 0.05) is 0 Å². The van der Waals surface area contributed by atoms with Crippen LogP contribution in [0.25, 0.3) is 44.2 Å². The van der Waals surface area contributed by atoms with Gasteiger partial charge in [0.1, 0.15) is 0 Å². The summed E-state index contributed by atoms with van der Waals surface area (Å²) in [7, 11) is -0.350. The minimum Gasteiger partial charge on any atom is -0.399 e. The van der Waals surface area contributed by atoms with Crippen LogP contribution in [-0.4, -0.2) is 18.3 Å². The minimum absolute atomic E-state index is 0.345. The lowest BCUT2D eigenvalue weighted by molar-refractivity contribution is 0.00578. The summed E-state index contributed by atoms with van der Waals surface area (Å²) in [5.41, 5.74) is 7.67. The third kappa shape index (κ3) is 4.50. The van der Waals surface area contributed by atoms with Crippen molar-refractivity contribution >= 4 is 23.4 Å². The molecule has 2 nitrogen and oxygen atoms in total. The summed E-state index contributed by atoms with van der Waals surface area (Å²) in [5, 5.41) is 2.39. The Hall–Kier alpha value is -3.66. The standard InChI is InChI=1S/C34H31BO2/c1-33(2)34(3,4)37-35(36-33)32-19-18-30-22-29(16-17-31(30)23-32)28-15-9-14-27(21-28)26-13-8-12-25(20-26)24-10-6-5-7-11-24/h5-23H,1-4H3. The Morgan fingerprint density at radius 3 is 1.49 bits per heavy atom. The summed E-state index contributed by atoms with van der Waals surface area (Å²) < 4.78 is 12.5. The van der Waals surface area contributed by atoms with Crippen LogP contribution in [0, 0.1) is 0 Å². The highest BCUT2D eigenvalue weighted by Crippen LogP contribution is 2.37. The molecule has 0 atom stereocenters. The first-order chi connectivity index (χ1) is 17.8. The van der Waals surface area contributed by atoms with Crippen LogP contribution in [0.2, 0.25) is 0 Å².